The fourth-order valence-electron chi connectivity index (χ4n) is 3.68. The van der Waals surface area contributed by atoms with Gasteiger partial charge >= 0.3 is 0 Å². The van der Waals surface area contributed by atoms with Gasteiger partial charge in [0.05, 0.1) is 11.0 Å². The summed E-state index contributed by atoms with van der Waals surface area (Å²) < 4.78 is 8.34. The van der Waals surface area contributed by atoms with Crippen LogP contribution in [0.25, 0.3) is 21.9 Å². The fourth-order valence-corrected chi connectivity index (χ4v) is 3.68. The van der Waals surface area contributed by atoms with Crippen LogP contribution in [0.15, 0.2) is 78.9 Å². The largest absolute Gasteiger partial charge is 0.486 e. The van der Waals surface area contributed by atoms with Gasteiger partial charge in [-0.2, -0.15) is 0 Å². The summed E-state index contributed by atoms with van der Waals surface area (Å²) in [6.45, 7) is 3.44. The molecule has 2 heterocycles. The molecule has 5 aromatic rings. The molecule has 1 N–H and O–H groups in total. The molecule has 0 spiro atoms. The van der Waals surface area contributed by atoms with Gasteiger partial charge in [0.2, 0.25) is 0 Å². The summed E-state index contributed by atoms with van der Waals surface area (Å²) in [5.41, 5.74) is 5.76. The van der Waals surface area contributed by atoms with Crippen LogP contribution >= 0.6 is 0 Å². The van der Waals surface area contributed by atoms with Crippen LogP contribution in [0.5, 0.6) is 5.75 Å². The molecule has 0 atom stereocenters. The quantitative estimate of drug-likeness (QED) is 0.449. The normalized spacial score (nSPS) is 11.3. The van der Waals surface area contributed by atoms with Crippen molar-refractivity contribution in [2.45, 2.75) is 20.1 Å². The first kappa shape index (κ1) is 16.6. The number of nitrogens with zero attached hydrogens (tertiary/aromatic N) is 2. The average Bonchev–Trinajstić information content (AvgIpc) is 3.27. The molecular formula is C24H21N3O. The number of imidazole rings is 1. The van der Waals surface area contributed by atoms with E-state index in [1.54, 1.807) is 0 Å². The summed E-state index contributed by atoms with van der Waals surface area (Å²) in [5, 5.41) is 1.19. The van der Waals surface area contributed by atoms with Crippen LogP contribution in [0.4, 0.5) is 0 Å². The van der Waals surface area contributed by atoms with Gasteiger partial charge in [0.1, 0.15) is 18.2 Å². The highest BCUT2D eigenvalue weighted by molar-refractivity contribution is 5.83. The van der Waals surface area contributed by atoms with E-state index in [9.17, 15) is 0 Å². The van der Waals surface area contributed by atoms with Gasteiger partial charge < -0.3 is 14.3 Å². The molecule has 3 aromatic carbocycles. The summed E-state index contributed by atoms with van der Waals surface area (Å²) in [7, 11) is 0. The van der Waals surface area contributed by atoms with Gasteiger partial charge in [0, 0.05) is 23.1 Å². The number of hydrogen-bond acceptors (Lipinski definition) is 2. The minimum Gasteiger partial charge on any atom is -0.486 e. The number of aryl methyl sites for hydroxylation is 1. The van der Waals surface area contributed by atoms with E-state index in [2.05, 4.69) is 70.0 Å². The highest BCUT2D eigenvalue weighted by Gasteiger charge is 2.09. The standard InChI is InChI=1S/C24H21N3O/c1-17-13-19-14-20(28-16-24-25-21-9-5-6-10-22(21)26-24)11-12-23(19)27(17)15-18-7-3-2-4-8-18/h2-14H,15-16H2,1H3,(H,25,26). The second-order valence-electron chi connectivity index (χ2n) is 7.07. The lowest BCUT2D eigenvalue weighted by atomic mass is 10.2. The van der Waals surface area contributed by atoms with E-state index in [4.69, 9.17) is 4.74 Å². The molecule has 0 radical (unpaired) electrons. The summed E-state index contributed by atoms with van der Waals surface area (Å²) in [6, 6.07) is 27.0. The molecule has 5 rings (SSSR count). The maximum Gasteiger partial charge on any atom is 0.146 e. The molecule has 28 heavy (non-hydrogen) atoms. The summed E-state index contributed by atoms with van der Waals surface area (Å²) in [6.07, 6.45) is 0. The van der Waals surface area contributed by atoms with E-state index in [0.29, 0.717) is 6.61 Å². The number of hydrogen-bond donors (Lipinski definition) is 1. The van der Waals surface area contributed by atoms with Crippen molar-refractivity contribution in [2.75, 3.05) is 0 Å². The summed E-state index contributed by atoms with van der Waals surface area (Å²) in [5.74, 6) is 1.68. The second kappa shape index (κ2) is 6.89. The molecule has 138 valence electrons. The Morgan fingerprint density at radius 1 is 0.929 bits per heavy atom. The maximum absolute atomic E-state index is 5.99. The van der Waals surface area contributed by atoms with Crippen molar-refractivity contribution in [3.63, 3.8) is 0 Å². The zero-order valence-corrected chi connectivity index (χ0v) is 15.7. The van der Waals surface area contributed by atoms with Gasteiger partial charge in [-0.1, -0.05) is 42.5 Å². The smallest absolute Gasteiger partial charge is 0.146 e. The Bertz CT molecular complexity index is 1220. The number of ether oxygens (including phenoxy) is 1. The van der Waals surface area contributed by atoms with Crippen LogP contribution in [0.1, 0.15) is 17.1 Å². The van der Waals surface area contributed by atoms with Gasteiger partial charge in [-0.05, 0) is 48.9 Å². The van der Waals surface area contributed by atoms with Crippen molar-refractivity contribution in [1.29, 1.82) is 0 Å². The molecule has 0 fully saturated rings. The third-order valence-corrected chi connectivity index (χ3v) is 5.08. The number of benzene rings is 3. The van der Waals surface area contributed by atoms with Gasteiger partial charge in [-0.15, -0.1) is 0 Å². The van der Waals surface area contributed by atoms with E-state index < -0.39 is 0 Å². The lowest BCUT2D eigenvalue weighted by Crippen LogP contribution is -2.01. The number of aromatic nitrogens is 3. The van der Waals surface area contributed by atoms with E-state index in [0.717, 1.165) is 29.2 Å². The first-order valence-electron chi connectivity index (χ1n) is 9.46. The van der Waals surface area contributed by atoms with Crippen molar-refractivity contribution in [1.82, 2.24) is 14.5 Å². The van der Waals surface area contributed by atoms with Gasteiger partial charge in [0.15, 0.2) is 0 Å². The molecule has 4 heteroatoms. The summed E-state index contributed by atoms with van der Waals surface area (Å²) >= 11 is 0. The highest BCUT2D eigenvalue weighted by Crippen LogP contribution is 2.26. The molecule has 4 nitrogen and oxygen atoms in total. The molecular weight excluding hydrogens is 346 g/mol. The van der Waals surface area contributed by atoms with Gasteiger partial charge in [0.25, 0.3) is 0 Å². The Labute approximate surface area is 163 Å². The maximum atomic E-state index is 5.99. The minimum absolute atomic E-state index is 0.421. The SMILES string of the molecule is Cc1cc2cc(OCc3nc4ccccc4[nH]3)ccc2n1Cc1ccccc1. The minimum atomic E-state index is 0.421. The van der Waals surface area contributed by atoms with E-state index in [-0.39, 0.29) is 0 Å². The summed E-state index contributed by atoms with van der Waals surface area (Å²) in [4.78, 5) is 7.87. The number of aromatic amines is 1. The fraction of sp³-hybridized carbons (Fsp3) is 0.125. The first-order valence-corrected chi connectivity index (χ1v) is 9.46. The van der Waals surface area contributed by atoms with Crippen molar-refractivity contribution in [3.05, 3.63) is 95.9 Å². The van der Waals surface area contributed by atoms with Crippen molar-refractivity contribution in [3.8, 4) is 5.75 Å². The average molecular weight is 367 g/mol. The monoisotopic (exact) mass is 367 g/mol. The molecule has 0 unspecified atom stereocenters. The van der Waals surface area contributed by atoms with Crippen molar-refractivity contribution >= 4 is 21.9 Å². The van der Waals surface area contributed by atoms with E-state index in [1.807, 2.05) is 30.3 Å². The third kappa shape index (κ3) is 3.14. The number of para-hydroxylation sites is 2. The highest BCUT2D eigenvalue weighted by atomic mass is 16.5. The molecule has 0 saturated carbocycles. The first-order chi connectivity index (χ1) is 13.8. The van der Waals surface area contributed by atoms with Crippen LogP contribution in [-0.2, 0) is 13.2 Å². The molecule has 2 aromatic heterocycles. The van der Waals surface area contributed by atoms with Gasteiger partial charge in [-0.3, -0.25) is 0 Å². The Balaban J connectivity index is 1.37. The molecule has 0 saturated heterocycles. The van der Waals surface area contributed by atoms with Crippen LogP contribution < -0.4 is 4.74 Å². The predicted octanol–water partition coefficient (Wildman–Crippen LogP) is 5.45. The molecule has 0 aliphatic heterocycles. The Kier molecular flexibility index (Phi) is 4.09. The van der Waals surface area contributed by atoms with E-state index in [1.165, 1.54) is 22.2 Å². The molecule has 0 bridgehead atoms. The second-order valence-corrected chi connectivity index (χ2v) is 7.07. The number of rotatable bonds is 5. The number of H-pyrrole nitrogens is 1. The van der Waals surface area contributed by atoms with Crippen LogP contribution in [-0.4, -0.2) is 14.5 Å². The predicted molar refractivity (Wildman–Crippen MR) is 113 cm³/mol. The number of fused-ring (bicyclic) bond motifs is 2. The topological polar surface area (TPSA) is 42.8 Å². The van der Waals surface area contributed by atoms with E-state index >= 15 is 0 Å². The Morgan fingerprint density at radius 3 is 2.61 bits per heavy atom. The van der Waals surface area contributed by atoms with Gasteiger partial charge in [-0.25, -0.2) is 4.98 Å². The van der Waals surface area contributed by atoms with Crippen LogP contribution in [0.3, 0.4) is 0 Å². The van der Waals surface area contributed by atoms with Crippen molar-refractivity contribution in [2.24, 2.45) is 0 Å². The molecule has 0 amide bonds. The molecule has 0 aliphatic carbocycles. The lowest BCUT2D eigenvalue weighted by molar-refractivity contribution is 0.298. The zero-order valence-electron chi connectivity index (χ0n) is 15.7. The van der Waals surface area contributed by atoms with Crippen LogP contribution in [0, 0.1) is 6.92 Å². The molecule has 0 aliphatic rings. The van der Waals surface area contributed by atoms with Crippen LogP contribution in [0.2, 0.25) is 0 Å². The Hall–Kier alpha value is -3.53. The van der Waals surface area contributed by atoms with Crippen molar-refractivity contribution < 1.29 is 4.74 Å². The third-order valence-electron chi connectivity index (χ3n) is 5.08. The number of nitrogens with one attached hydrogen (secondary N) is 1. The lowest BCUT2D eigenvalue weighted by Gasteiger charge is -2.09. The zero-order chi connectivity index (χ0) is 18.9. The Morgan fingerprint density at radius 2 is 1.75 bits per heavy atom.